The van der Waals surface area contributed by atoms with Crippen LogP contribution in [-0.4, -0.2) is 36.0 Å². The van der Waals surface area contributed by atoms with E-state index in [2.05, 4.69) is 10.2 Å². The Kier molecular flexibility index (Phi) is 1.62. The fourth-order valence-corrected chi connectivity index (χ4v) is 2.86. The van der Waals surface area contributed by atoms with Gasteiger partial charge >= 0.3 is 0 Å². The van der Waals surface area contributed by atoms with Crippen molar-refractivity contribution in [2.45, 2.75) is 37.8 Å². The highest BCUT2D eigenvalue weighted by molar-refractivity contribution is 5.80. The number of likely N-dealkylation sites (tertiary alicyclic amines) is 1. The van der Waals surface area contributed by atoms with Gasteiger partial charge in [-0.2, -0.15) is 0 Å². The summed E-state index contributed by atoms with van der Waals surface area (Å²) in [5.74, 6) is 0.595. The molecule has 3 rings (SSSR count). The van der Waals surface area contributed by atoms with Crippen LogP contribution < -0.4 is 5.32 Å². The zero-order chi connectivity index (χ0) is 8.84. The molecule has 2 aliphatic heterocycles. The molecule has 1 N–H and O–H groups in total. The minimum atomic E-state index is 0.290. The molecule has 72 valence electrons. The van der Waals surface area contributed by atoms with Crippen molar-refractivity contribution in [1.29, 1.82) is 0 Å². The summed E-state index contributed by atoms with van der Waals surface area (Å²) in [6.07, 6.45) is 5.22. The number of carbonyl (C=O) groups excluding carboxylic acids is 1. The first-order valence-electron chi connectivity index (χ1n) is 5.38. The third kappa shape index (κ3) is 1.10. The molecular weight excluding hydrogens is 164 g/mol. The number of hydrogen-bond donors (Lipinski definition) is 1. The third-order valence-electron chi connectivity index (χ3n) is 3.88. The summed E-state index contributed by atoms with van der Waals surface area (Å²) in [6, 6.07) is 1.47. The Morgan fingerprint density at radius 3 is 2.77 bits per heavy atom. The van der Waals surface area contributed by atoms with Gasteiger partial charge in [0, 0.05) is 25.2 Å². The van der Waals surface area contributed by atoms with Gasteiger partial charge in [0.25, 0.3) is 0 Å². The predicted octanol–water partition coefficient (Wildman–Crippen LogP) is 0.359. The monoisotopic (exact) mass is 180 g/mol. The fraction of sp³-hybridized carbons (Fsp3) is 0.900. The van der Waals surface area contributed by atoms with Crippen LogP contribution in [0.5, 0.6) is 0 Å². The molecule has 2 atom stereocenters. The average molecular weight is 180 g/mol. The molecule has 1 aliphatic carbocycles. The summed E-state index contributed by atoms with van der Waals surface area (Å²) in [5.41, 5.74) is 0. The lowest BCUT2D eigenvalue weighted by atomic mass is 9.91. The number of hydrogen-bond acceptors (Lipinski definition) is 2. The van der Waals surface area contributed by atoms with E-state index in [0.717, 1.165) is 25.6 Å². The van der Waals surface area contributed by atoms with E-state index in [1.54, 1.807) is 0 Å². The Balaban J connectivity index is 1.74. The molecule has 1 amide bonds. The summed E-state index contributed by atoms with van der Waals surface area (Å²) in [5, 5.41) is 3.00. The van der Waals surface area contributed by atoms with Crippen LogP contribution in [0.25, 0.3) is 0 Å². The molecule has 3 fully saturated rings. The largest absolute Gasteiger partial charge is 0.354 e. The van der Waals surface area contributed by atoms with Crippen molar-refractivity contribution in [1.82, 2.24) is 10.2 Å². The van der Waals surface area contributed by atoms with Crippen molar-refractivity contribution in [3.05, 3.63) is 0 Å². The predicted molar refractivity (Wildman–Crippen MR) is 49.2 cm³/mol. The number of rotatable bonds is 1. The standard InChI is InChI=1S/C10H16N2O/c13-10-7-4-9(5-11-10)12(6-7)8-2-1-3-8/h7-9H,1-6H2,(H,11,13)/t7-,9-/m1/s1. The Hall–Kier alpha value is -0.570. The van der Waals surface area contributed by atoms with Gasteiger partial charge in [-0.3, -0.25) is 9.69 Å². The second-order valence-corrected chi connectivity index (χ2v) is 4.61. The van der Waals surface area contributed by atoms with Gasteiger partial charge in [0.05, 0.1) is 5.92 Å². The van der Waals surface area contributed by atoms with Gasteiger partial charge in [0.1, 0.15) is 0 Å². The maximum absolute atomic E-state index is 11.4. The maximum Gasteiger partial charge on any atom is 0.224 e. The molecular formula is C10H16N2O. The molecule has 3 aliphatic rings. The summed E-state index contributed by atoms with van der Waals surface area (Å²) in [7, 11) is 0. The molecule has 2 heterocycles. The zero-order valence-corrected chi connectivity index (χ0v) is 7.83. The quantitative estimate of drug-likeness (QED) is 0.632. The van der Waals surface area contributed by atoms with Crippen molar-refractivity contribution in [2.24, 2.45) is 5.92 Å². The van der Waals surface area contributed by atoms with Crippen LogP contribution in [0.1, 0.15) is 25.7 Å². The molecule has 13 heavy (non-hydrogen) atoms. The van der Waals surface area contributed by atoms with E-state index >= 15 is 0 Å². The van der Waals surface area contributed by atoms with Crippen LogP contribution in [0, 0.1) is 5.92 Å². The van der Waals surface area contributed by atoms with Crippen molar-refractivity contribution >= 4 is 5.91 Å². The van der Waals surface area contributed by atoms with Gasteiger partial charge in [-0.15, -0.1) is 0 Å². The molecule has 2 saturated heterocycles. The molecule has 3 nitrogen and oxygen atoms in total. The highest BCUT2D eigenvalue weighted by atomic mass is 16.2. The van der Waals surface area contributed by atoms with Crippen molar-refractivity contribution in [3.8, 4) is 0 Å². The van der Waals surface area contributed by atoms with Crippen LogP contribution in [0.4, 0.5) is 0 Å². The maximum atomic E-state index is 11.4. The van der Waals surface area contributed by atoms with Gasteiger partial charge in [-0.1, -0.05) is 6.42 Å². The third-order valence-corrected chi connectivity index (χ3v) is 3.88. The lowest BCUT2D eigenvalue weighted by Crippen LogP contribution is -2.47. The smallest absolute Gasteiger partial charge is 0.224 e. The highest BCUT2D eigenvalue weighted by Gasteiger charge is 2.43. The Bertz CT molecular complexity index is 237. The first kappa shape index (κ1) is 7.80. The lowest BCUT2D eigenvalue weighted by molar-refractivity contribution is -0.125. The summed E-state index contributed by atoms with van der Waals surface area (Å²) in [6.45, 7) is 1.92. The molecule has 0 aromatic heterocycles. The molecule has 0 radical (unpaired) electrons. The summed E-state index contributed by atoms with van der Waals surface area (Å²) < 4.78 is 0. The summed E-state index contributed by atoms with van der Waals surface area (Å²) in [4.78, 5) is 14.0. The highest BCUT2D eigenvalue weighted by Crippen LogP contribution is 2.35. The molecule has 0 aromatic carbocycles. The average Bonchev–Trinajstić information content (AvgIpc) is 2.36. The topological polar surface area (TPSA) is 32.3 Å². The van der Waals surface area contributed by atoms with Gasteiger partial charge in [-0.25, -0.2) is 0 Å². The lowest BCUT2D eigenvalue weighted by Gasteiger charge is -2.38. The fourth-order valence-electron chi connectivity index (χ4n) is 2.86. The SMILES string of the molecule is O=C1NC[C@H]2C[C@@H]1CN2C1CCC1. The summed E-state index contributed by atoms with van der Waals surface area (Å²) >= 11 is 0. The van der Waals surface area contributed by atoms with Crippen molar-refractivity contribution in [2.75, 3.05) is 13.1 Å². The minimum Gasteiger partial charge on any atom is -0.354 e. The van der Waals surface area contributed by atoms with E-state index in [9.17, 15) is 4.79 Å². The second-order valence-electron chi connectivity index (χ2n) is 4.61. The van der Waals surface area contributed by atoms with Crippen LogP contribution in [0.2, 0.25) is 0 Å². The number of fused-ring (bicyclic) bond motifs is 2. The van der Waals surface area contributed by atoms with Gasteiger partial charge in [0.15, 0.2) is 0 Å². The van der Waals surface area contributed by atoms with Gasteiger partial charge in [0.2, 0.25) is 5.91 Å². The number of nitrogens with one attached hydrogen (secondary N) is 1. The number of nitrogens with zero attached hydrogens (tertiary/aromatic N) is 1. The van der Waals surface area contributed by atoms with E-state index in [1.807, 2.05) is 0 Å². The number of piperidine rings is 1. The first-order chi connectivity index (χ1) is 6.34. The van der Waals surface area contributed by atoms with Crippen molar-refractivity contribution < 1.29 is 4.79 Å². The number of carbonyl (C=O) groups is 1. The molecule has 0 unspecified atom stereocenters. The van der Waals surface area contributed by atoms with E-state index < -0.39 is 0 Å². The van der Waals surface area contributed by atoms with Gasteiger partial charge < -0.3 is 5.32 Å². The van der Waals surface area contributed by atoms with E-state index in [0.29, 0.717) is 12.0 Å². The van der Waals surface area contributed by atoms with Crippen LogP contribution in [-0.2, 0) is 4.79 Å². The van der Waals surface area contributed by atoms with E-state index in [1.165, 1.54) is 19.3 Å². The first-order valence-corrected chi connectivity index (χ1v) is 5.38. The molecule has 0 spiro atoms. The Morgan fingerprint density at radius 2 is 2.15 bits per heavy atom. The van der Waals surface area contributed by atoms with Crippen LogP contribution in [0.15, 0.2) is 0 Å². The molecule has 2 bridgehead atoms. The minimum absolute atomic E-state index is 0.290. The van der Waals surface area contributed by atoms with Gasteiger partial charge in [-0.05, 0) is 19.3 Å². The molecule has 3 heteroatoms. The normalized spacial score (nSPS) is 40.2. The van der Waals surface area contributed by atoms with E-state index in [4.69, 9.17) is 0 Å². The molecule has 0 aromatic rings. The van der Waals surface area contributed by atoms with Crippen molar-refractivity contribution in [3.63, 3.8) is 0 Å². The second kappa shape index (κ2) is 2.71. The van der Waals surface area contributed by atoms with Crippen LogP contribution >= 0.6 is 0 Å². The molecule has 1 saturated carbocycles. The Morgan fingerprint density at radius 1 is 1.31 bits per heavy atom. The number of amides is 1. The van der Waals surface area contributed by atoms with Crippen LogP contribution in [0.3, 0.4) is 0 Å². The Labute approximate surface area is 78.5 Å². The zero-order valence-electron chi connectivity index (χ0n) is 7.83. The van der Waals surface area contributed by atoms with E-state index in [-0.39, 0.29) is 5.91 Å².